The fraction of sp³-hybridized carbons (Fsp3) is 0.643. The molecule has 0 fully saturated rings. The van der Waals surface area contributed by atoms with E-state index in [-0.39, 0.29) is 11.9 Å². The predicted molar refractivity (Wildman–Crippen MR) is 82.0 cm³/mol. The molecule has 112 valence electrons. The molecule has 0 aliphatic carbocycles. The molecule has 0 saturated heterocycles. The van der Waals surface area contributed by atoms with E-state index in [4.69, 9.17) is 0 Å². The summed E-state index contributed by atoms with van der Waals surface area (Å²) >= 11 is 0. The molecule has 1 aromatic heterocycles. The zero-order valence-corrected chi connectivity index (χ0v) is 12.8. The summed E-state index contributed by atoms with van der Waals surface area (Å²) in [6.07, 6.45) is 3.35. The second kappa shape index (κ2) is 8.35. The Morgan fingerprint density at radius 3 is 2.55 bits per heavy atom. The van der Waals surface area contributed by atoms with Crippen LogP contribution in [0.2, 0.25) is 0 Å². The van der Waals surface area contributed by atoms with Crippen LogP contribution in [-0.2, 0) is 11.2 Å². The first-order valence-corrected chi connectivity index (χ1v) is 7.25. The van der Waals surface area contributed by atoms with E-state index in [1.165, 1.54) is 6.33 Å². The standard InChI is InChI=1S/C14H25N5O/c1-5-8-16-12-11(6-2)13(18-9-17-12)19-10(4)14(20)15-7-3/h9-10H,5-8H2,1-4H3,(H,15,20)(H2,16,17,18,19). The van der Waals surface area contributed by atoms with Crippen LogP contribution in [0.4, 0.5) is 11.6 Å². The van der Waals surface area contributed by atoms with E-state index in [1.807, 2.05) is 13.8 Å². The van der Waals surface area contributed by atoms with Crippen molar-refractivity contribution in [2.75, 3.05) is 23.7 Å². The molecular weight excluding hydrogens is 254 g/mol. The lowest BCUT2D eigenvalue weighted by Gasteiger charge is -2.18. The number of hydrogen-bond donors (Lipinski definition) is 3. The van der Waals surface area contributed by atoms with Crippen molar-refractivity contribution in [1.29, 1.82) is 0 Å². The highest BCUT2D eigenvalue weighted by Crippen LogP contribution is 2.21. The van der Waals surface area contributed by atoms with Crippen molar-refractivity contribution in [3.63, 3.8) is 0 Å². The molecule has 3 N–H and O–H groups in total. The molecule has 6 heteroatoms. The molecule has 6 nitrogen and oxygen atoms in total. The normalized spacial score (nSPS) is 11.8. The zero-order chi connectivity index (χ0) is 15.0. The van der Waals surface area contributed by atoms with Crippen LogP contribution in [0.3, 0.4) is 0 Å². The quantitative estimate of drug-likeness (QED) is 0.676. The van der Waals surface area contributed by atoms with Gasteiger partial charge in [-0.15, -0.1) is 0 Å². The van der Waals surface area contributed by atoms with Gasteiger partial charge in [-0.3, -0.25) is 4.79 Å². The molecule has 0 aliphatic rings. The molecular formula is C14H25N5O. The maximum Gasteiger partial charge on any atom is 0.242 e. The van der Waals surface area contributed by atoms with Gasteiger partial charge in [-0.05, 0) is 26.7 Å². The van der Waals surface area contributed by atoms with E-state index in [1.54, 1.807) is 0 Å². The number of carbonyl (C=O) groups excluding carboxylic acids is 1. The van der Waals surface area contributed by atoms with Crippen LogP contribution in [0.1, 0.15) is 39.7 Å². The number of likely N-dealkylation sites (N-methyl/N-ethyl adjacent to an activating group) is 1. The average Bonchev–Trinajstić information content (AvgIpc) is 2.45. The summed E-state index contributed by atoms with van der Waals surface area (Å²) in [5.74, 6) is 1.53. The third-order valence-corrected chi connectivity index (χ3v) is 2.94. The number of carbonyl (C=O) groups is 1. The van der Waals surface area contributed by atoms with E-state index in [0.717, 1.165) is 36.6 Å². The van der Waals surface area contributed by atoms with Gasteiger partial charge in [0.15, 0.2) is 0 Å². The summed E-state index contributed by atoms with van der Waals surface area (Å²) in [5.41, 5.74) is 1.01. The van der Waals surface area contributed by atoms with E-state index in [9.17, 15) is 4.79 Å². The van der Waals surface area contributed by atoms with Crippen molar-refractivity contribution in [3.8, 4) is 0 Å². The summed E-state index contributed by atoms with van der Waals surface area (Å²) in [6.45, 7) is 9.38. The Labute approximate surface area is 120 Å². The fourth-order valence-corrected chi connectivity index (χ4v) is 1.87. The molecule has 1 amide bonds. The molecule has 1 aromatic rings. The minimum Gasteiger partial charge on any atom is -0.370 e. The van der Waals surface area contributed by atoms with Crippen molar-refractivity contribution in [2.45, 2.75) is 46.6 Å². The van der Waals surface area contributed by atoms with Crippen molar-refractivity contribution < 1.29 is 4.79 Å². The summed E-state index contributed by atoms with van der Waals surface area (Å²) in [6, 6.07) is -0.325. The number of amides is 1. The Morgan fingerprint density at radius 2 is 1.95 bits per heavy atom. The highest BCUT2D eigenvalue weighted by molar-refractivity contribution is 5.84. The Bertz CT molecular complexity index is 436. The second-order valence-electron chi connectivity index (χ2n) is 4.59. The molecule has 0 saturated carbocycles. The van der Waals surface area contributed by atoms with E-state index in [0.29, 0.717) is 6.54 Å². The zero-order valence-electron chi connectivity index (χ0n) is 12.8. The molecule has 1 heterocycles. The molecule has 0 aliphatic heterocycles. The van der Waals surface area contributed by atoms with Crippen LogP contribution in [0.15, 0.2) is 6.33 Å². The number of nitrogens with one attached hydrogen (secondary N) is 3. The molecule has 1 atom stereocenters. The van der Waals surface area contributed by atoms with Crippen LogP contribution < -0.4 is 16.0 Å². The Hall–Kier alpha value is -1.85. The lowest BCUT2D eigenvalue weighted by atomic mass is 10.2. The molecule has 1 rings (SSSR count). The number of nitrogens with zero attached hydrogens (tertiary/aromatic N) is 2. The maximum atomic E-state index is 11.8. The van der Waals surface area contributed by atoms with Crippen molar-refractivity contribution in [2.24, 2.45) is 0 Å². The predicted octanol–water partition coefficient (Wildman–Crippen LogP) is 1.80. The Morgan fingerprint density at radius 1 is 1.25 bits per heavy atom. The van der Waals surface area contributed by atoms with E-state index in [2.05, 4.69) is 39.8 Å². The van der Waals surface area contributed by atoms with Gasteiger partial charge in [-0.2, -0.15) is 0 Å². The van der Waals surface area contributed by atoms with Gasteiger partial charge in [0, 0.05) is 18.7 Å². The molecule has 1 unspecified atom stereocenters. The van der Waals surface area contributed by atoms with Crippen molar-refractivity contribution in [3.05, 3.63) is 11.9 Å². The van der Waals surface area contributed by atoms with Crippen molar-refractivity contribution >= 4 is 17.5 Å². The van der Waals surface area contributed by atoms with Crippen LogP contribution in [0.5, 0.6) is 0 Å². The third kappa shape index (κ3) is 4.36. The Kier molecular flexibility index (Phi) is 6.76. The number of rotatable bonds is 8. The number of aromatic nitrogens is 2. The van der Waals surface area contributed by atoms with Crippen molar-refractivity contribution in [1.82, 2.24) is 15.3 Å². The van der Waals surface area contributed by atoms with E-state index < -0.39 is 0 Å². The van der Waals surface area contributed by atoms with Gasteiger partial charge in [0.1, 0.15) is 24.0 Å². The summed E-state index contributed by atoms with van der Waals surface area (Å²) in [7, 11) is 0. The van der Waals surface area contributed by atoms with Crippen LogP contribution >= 0.6 is 0 Å². The SMILES string of the molecule is CCCNc1ncnc(NC(C)C(=O)NCC)c1CC. The van der Waals surface area contributed by atoms with Gasteiger partial charge in [-0.1, -0.05) is 13.8 Å². The lowest BCUT2D eigenvalue weighted by molar-refractivity contribution is -0.121. The van der Waals surface area contributed by atoms with Gasteiger partial charge in [0.2, 0.25) is 5.91 Å². The van der Waals surface area contributed by atoms with Gasteiger partial charge in [-0.25, -0.2) is 9.97 Å². The highest BCUT2D eigenvalue weighted by atomic mass is 16.2. The monoisotopic (exact) mass is 279 g/mol. The summed E-state index contributed by atoms with van der Waals surface area (Å²) < 4.78 is 0. The molecule has 0 bridgehead atoms. The van der Waals surface area contributed by atoms with Gasteiger partial charge >= 0.3 is 0 Å². The third-order valence-electron chi connectivity index (χ3n) is 2.94. The van der Waals surface area contributed by atoms with Crippen LogP contribution in [-0.4, -0.2) is 35.0 Å². The summed E-state index contributed by atoms with van der Waals surface area (Å²) in [4.78, 5) is 20.3. The highest BCUT2D eigenvalue weighted by Gasteiger charge is 2.16. The minimum absolute atomic E-state index is 0.0313. The average molecular weight is 279 g/mol. The first kappa shape index (κ1) is 16.2. The fourth-order valence-electron chi connectivity index (χ4n) is 1.87. The van der Waals surface area contributed by atoms with Crippen LogP contribution in [0, 0.1) is 0 Å². The first-order valence-electron chi connectivity index (χ1n) is 7.25. The van der Waals surface area contributed by atoms with Gasteiger partial charge in [0.05, 0.1) is 0 Å². The van der Waals surface area contributed by atoms with Gasteiger partial charge in [0.25, 0.3) is 0 Å². The Balaban J connectivity index is 2.86. The largest absolute Gasteiger partial charge is 0.370 e. The first-order chi connectivity index (χ1) is 9.63. The van der Waals surface area contributed by atoms with E-state index >= 15 is 0 Å². The molecule has 0 radical (unpaired) electrons. The summed E-state index contributed by atoms with van der Waals surface area (Å²) in [5, 5.41) is 9.24. The lowest BCUT2D eigenvalue weighted by Crippen LogP contribution is -2.37. The molecule has 0 spiro atoms. The smallest absolute Gasteiger partial charge is 0.242 e. The maximum absolute atomic E-state index is 11.8. The number of anilines is 2. The van der Waals surface area contributed by atoms with Gasteiger partial charge < -0.3 is 16.0 Å². The number of hydrogen-bond acceptors (Lipinski definition) is 5. The van der Waals surface area contributed by atoms with Crippen LogP contribution in [0.25, 0.3) is 0 Å². The second-order valence-corrected chi connectivity index (χ2v) is 4.59. The topological polar surface area (TPSA) is 78.9 Å². The molecule has 0 aromatic carbocycles. The molecule has 20 heavy (non-hydrogen) atoms. The minimum atomic E-state index is -0.325.